The van der Waals surface area contributed by atoms with Crippen molar-refractivity contribution in [2.75, 3.05) is 0 Å². The molecular formula is C21H17ClF3N5O. The Bertz CT molecular complexity index is 1250. The second kappa shape index (κ2) is 8.07. The number of halogens is 4. The molecule has 2 N–H and O–H groups in total. The zero-order chi connectivity index (χ0) is 22.2. The molecule has 0 aliphatic carbocycles. The largest absolute Gasteiger partial charge is 0.435 e. The molecule has 1 atom stereocenters. The van der Waals surface area contributed by atoms with Gasteiger partial charge in [0.05, 0.1) is 35.6 Å². The minimum atomic E-state index is -4.62. The molecule has 0 saturated heterocycles. The van der Waals surface area contributed by atoms with Gasteiger partial charge in [0.1, 0.15) is 0 Å². The molecule has 0 bridgehead atoms. The van der Waals surface area contributed by atoms with Crippen molar-refractivity contribution < 1.29 is 18.0 Å². The van der Waals surface area contributed by atoms with E-state index in [-0.39, 0.29) is 18.1 Å². The highest BCUT2D eigenvalue weighted by Gasteiger charge is 2.35. The number of benzene rings is 2. The molecule has 0 fully saturated rings. The third-order valence-corrected chi connectivity index (χ3v) is 5.17. The first-order valence-electron chi connectivity index (χ1n) is 9.36. The summed E-state index contributed by atoms with van der Waals surface area (Å²) in [5.74, 6) is -0.886. The number of H-pyrrole nitrogens is 1. The summed E-state index contributed by atoms with van der Waals surface area (Å²) in [5.41, 5.74) is 0.977. The maximum absolute atomic E-state index is 13.2. The SMILES string of the molecule is CC(C(=O)NCc1cc(C(F)(F)F)nn1-c1cccc(Cl)c1)c1cccc2cn[nH]c12. The van der Waals surface area contributed by atoms with E-state index in [1.807, 2.05) is 18.2 Å². The summed E-state index contributed by atoms with van der Waals surface area (Å²) in [6, 6.07) is 12.7. The lowest BCUT2D eigenvalue weighted by atomic mass is 9.98. The van der Waals surface area contributed by atoms with Crippen molar-refractivity contribution in [3.8, 4) is 5.69 Å². The number of para-hydroxylation sites is 1. The summed E-state index contributed by atoms with van der Waals surface area (Å²) >= 11 is 5.98. The van der Waals surface area contributed by atoms with Crippen LogP contribution < -0.4 is 5.32 Å². The molecule has 0 saturated carbocycles. The fourth-order valence-corrected chi connectivity index (χ4v) is 3.52. The van der Waals surface area contributed by atoms with Crippen LogP contribution in [0.15, 0.2) is 54.7 Å². The Kier molecular flexibility index (Phi) is 5.45. The molecule has 1 amide bonds. The van der Waals surface area contributed by atoms with Crippen molar-refractivity contribution >= 4 is 28.4 Å². The van der Waals surface area contributed by atoms with E-state index in [1.54, 1.807) is 31.3 Å². The number of alkyl halides is 3. The second-order valence-corrected chi connectivity index (χ2v) is 7.47. The van der Waals surface area contributed by atoms with Crippen LogP contribution in [0.25, 0.3) is 16.6 Å². The normalized spacial score (nSPS) is 12.8. The van der Waals surface area contributed by atoms with Gasteiger partial charge in [-0.15, -0.1) is 0 Å². The van der Waals surface area contributed by atoms with E-state index in [4.69, 9.17) is 11.6 Å². The Hall–Kier alpha value is -3.33. The van der Waals surface area contributed by atoms with Gasteiger partial charge in [0.2, 0.25) is 5.91 Å². The van der Waals surface area contributed by atoms with Crippen LogP contribution >= 0.6 is 11.6 Å². The summed E-state index contributed by atoms with van der Waals surface area (Å²) in [5, 5.41) is 14.5. The first-order chi connectivity index (χ1) is 14.7. The third-order valence-electron chi connectivity index (χ3n) is 4.94. The van der Waals surface area contributed by atoms with Gasteiger partial charge in [-0.3, -0.25) is 9.89 Å². The molecule has 0 aliphatic heterocycles. The number of nitrogens with zero attached hydrogens (tertiary/aromatic N) is 3. The van der Waals surface area contributed by atoms with Crippen LogP contribution in [-0.2, 0) is 17.5 Å². The molecule has 0 radical (unpaired) electrons. The van der Waals surface area contributed by atoms with E-state index in [1.165, 1.54) is 6.07 Å². The minimum Gasteiger partial charge on any atom is -0.350 e. The van der Waals surface area contributed by atoms with Crippen LogP contribution in [0.1, 0.15) is 29.8 Å². The fourth-order valence-electron chi connectivity index (χ4n) is 3.34. The zero-order valence-electron chi connectivity index (χ0n) is 16.2. The number of hydrogen-bond acceptors (Lipinski definition) is 3. The molecule has 2 aromatic carbocycles. The van der Waals surface area contributed by atoms with Crippen LogP contribution in [-0.4, -0.2) is 25.9 Å². The van der Waals surface area contributed by atoms with Crippen molar-refractivity contribution in [2.24, 2.45) is 0 Å². The molecule has 1 unspecified atom stereocenters. The van der Waals surface area contributed by atoms with E-state index in [2.05, 4.69) is 20.6 Å². The number of fused-ring (bicyclic) bond motifs is 1. The lowest BCUT2D eigenvalue weighted by molar-refractivity contribution is -0.141. The van der Waals surface area contributed by atoms with Gasteiger partial charge in [0.15, 0.2) is 5.69 Å². The molecule has 6 nitrogen and oxygen atoms in total. The van der Waals surface area contributed by atoms with E-state index in [9.17, 15) is 18.0 Å². The lowest BCUT2D eigenvalue weighted by Gasteiger charge is -2.14. The molecule has 2 heterocycles. The topological polar surface area (TPSA) is 75.6 Å². The number of carbonyl (C=O) groups excluding carboxylic acids is 1. The molecule has 2 aromatic heterocycles. The van der Waals surface area contributed by atoms with E-state index < -0.39 is 17.8 Å². The van der Waals surface area contributed by atoms with Crippen LogP contribution in [0.2, 0.25) is 5.02 Å². The van der Waals surface area contributed by atoms with Gasteiger partial charge in [0.25, 0.3) is 0 Å². The van der Waals surface area contributed by atoms with Crippen molar-refractivity contribution in [3.63, 3.8) is 0 Å². The van der Waals surface area contributed by atoms with Crippen molar-refractivity contribution in [1.29, 1.82) is 0 Å². The molecule has 4 rings (SSSR count). The van der Waals surface area contributed by atoms with Gasteiger partial charge in [-0.2, -0.15) is 23.4 Å². The fraction of sp³-hybridized carbons (Fsp3) is 0.190. The number of nitrogens with one attached hydrogen (secondary N) is 2. The molecular weight excluding hydrogens is 431 g/mol. The molecule has 0 spiro atoms. The first kappa shape index (κ1) is 20.9. The number of amides is 1. The van der Waals surface area contributed by atoms with Gasteiger partial charge >= 0.3 is 6.18 Å². The summed E-state index contributed by atoms with van der Waals surface area (Å²) in [6.45, 7) is 1.58. The smallest absolute Gasteiger partial charge is 0.350 e. The van der Waals surface area contributed by atoms with Crippen LogP contribution in [0, 0.1) is 0 Å². The average molecular weight is 448 g/mol. The highest BCUT2D eigenvalue weighted by Crippen LogP contribution is 2.30. The zero-order valence-corrected chi connectivity index (χ0v) is 17.0. The van der Waals surface area contributed by atoms with Gasteiger partial charge in [-0.1, -0.05) is 35.9 Å². The van der Waals surface area contributed by atoms with Crippen molar-refractivity contribution in [1.82, 2.24) is 25.3 Å². The Morgan fingerprint density at radius 2 is 2.00 bits per heavy atom. The summed E-state index contributed by atoms with van der Waals surface area (Å²) in [7, 11) is 0. The second-order valence-electron chi connectivity index (χ2n) is 7.03. The molecule has 10 heteroatoms. The van der Waals surface area contributed by atoms with Crippen molar-refractivity contribution in [3.05, 3.63) is 76.7 Å². The van der Waals surface area contributed by atoms with Gasteiger partial charge in [-0.05, 0) is 36.8 Å². The number of carbonyl (C=O) groups is 1. The average Bonchev–Trinajstić information content (AvgIpc) is 3.38. The predicted octanol–water partition coefficient (Wildman–Crippen LogP) is 4.84. The van der Waals surface area contributed by atoms with E-state index in [0.29, 0.717) is 10.7 Å². The molecule has 4 aromatic rings. The van der Waals surface area contributed by atoms with Crippen LogP contribution in [0.4, 0.5) is 13.2 Å². The third kappa shape index (κ3) is 4.27. The minimum absolute atomic E-state index is 0.141. The standard InChI is InChI=1S/C21H17ClF3N5O/c1-12(17-7-2-4-13-10-27-28-19(13)17)20(31)26-11-16-9-18(21(23,24)25)29-30(16)15-6-3-5-14(22)8-15/h2-10,12H,11H2,1H3,(H,26,31)(H,27,28). The summed E-state index contributed by atoms with van der Waals surface area (Å²) in [6.07, 6.45) is -2.96. The van der Waals surface area contributed by atoms with E-state index in [0.717, 1.165) is 27.2 Å². The highest BCUT2D eigenvalue weighted by atomic mass is 35.5. The highest BCUT2D eigenvalue weighted by molar-refractivity contribution is 6.30. The number of aromatic amines is 1. The Morgan fingerprint density at radius 3 is 2.74 bits per heavy atom. The monoisotopic (exact) mass is 447 g/mol. The quantitative estimate of drug-likeness (QED) is 0.459. The lowest BCUT2D eigenvalue weighted by Crippen LogP contribution is -2.28. The first-order valence-corrected chi connectivity index (χ1v) is 9.73. The maximum atomic E-state index is 13.2. The van der Waals surface area contributed by atoms with Gasteiger partial charge in [0, 0.05) is 10.4 Å². The number of aromatic nitrogens is 4. The molecule has 0 aliphatic rings. The predicted molar refractivity (Wildman–Crippen MR) is 110 cm³/mol. The van der Waals surface area contributed by atoms with Crippen LogP contribution in [0.3, 0.4) is 0 Å². The Balaban J connectivity index is 1.59. The van der Waals surface area contributed by atoms with Gasteiger partial charge in [-0.25, -0.2) is 4.68 Å². The van der Waals surface area contributed by atoms with E-state index >= 15 is 0 Å². The number of rotatable bonds is 5. The van der Waals surface area contributed by atoms with Gasteiger partial charge < -0.3 is 5.32 Å². The Labute approximate surface area is 180 Å². The Morgan fingerprint density at radius 1 is 1.23 bits per heavy atom. The number of hydrogen-bond donors (Lipinski definition) is 2. The molecule has 160 valence electrons. The van der Waals surface area contributed by atoms with Crippen molar-refractivity contribution in [2.45, 2.75) is 25.6 Å². The summed E-state index contributed by atoms with van der Waals surface area (Å²) < 4.78 is 40.9. The molecule has 31 heavy (non-hydrogen) atoms. The summed E-state index contributed by atoms with van der Waals surface area (Å²) in [4.78, 5) is 12.8. The maximum Gasteiger partial charge on any atom is 0.435 e. The van der Waals surface area contributed by atoms with Crippen LogP contribution in [0.5, 0.6) is 0 Å².